The zero-order valence-corrected chi connectivity index (χ0v) is 20.2. The lowest BCUT2D eigenvalue weighted by atomic mass is 9.74. The molecule has 9 nitrogen and oxygen atoms in total. The lowest BCUT2D eigenvalue weighted by molar-refractivity contribution is -0.0562. The fourth-order valence-electron chi connectivity index (χ4n) is 4.56. The van der Waals surface area contributed by atoms with Crippen molar-refractivity contribution in [1.29, 1.82) is 0 Å². The van der Waals surface area contributed by atoms with Crippen molar-refractivity contribution in [2.75, 3.05) is 24.2 Å². The largest absolute Gasteiger partial charge is 0.474 e. The zero-order valence-electron chi connectivity index (χ0n) is 19.4. The number of rotatable bonds is 4. The standard InChI is InChI=1S/C24H26FN5O4.ClH/c1-3-24(32)8-14(9-24)30-23(31)34-18-7-13-6-15(19(25)20(26)17(13)11-28-18)16-10-29-22-21(12(16)2)27-4-5-33-22;/h6-7,10-11,14,27,32H,3-5,8-9,26H2,1-2H3,(H,30,31);1H. The molecule has 1 saturated carbocycles. The molecule has 0 saturated heterocycles. The van der Waals surface area contributed by atoms with Gasteiger partial charge >= 0.3 is 6.09 Å². The third-order valence-electron chi connectivity index (χ3n) is 6.64. The van der Waals surface area contributed by atoms with Crippen LogP contribution in [0.5, 0.6) is 11.8 Å². The Morgan fingerprint density at radius 3 is 2.86 bits per heavy atom. The lowest BCUT2D eigenvalue weighted by Gasteiger charge is -2.42. The van der Waals surface area contributed by atoms with E-state index in [1.807, 2.05) is 13.8 Å². The Morgan fingerprint density at radius 1 is 1.34 bits per heavy atom. The van der Waals surface area contributed by atoms with Gasteiger partial charge in [0.05, 0.1) is 11.3 Å². The maximum atomic E-state index is 15.3. The van der Waals surface area contributed by atoms with Gasteiger partial charge in [-0.25, -0.2) is 19.2 Å². The average Bonchev–Trinajstić information content (AvgIpc) is 2.81. The molecule has 0 bridgehead atoms. The topological polar surface area (TPSA) is 132 Å². The van der Waals surface area contributed by atoms with Gasteiger partial charge in [0, 0.05) is 47.6 Å². The highest BCUT2D eigenvalue weighted by molar-refractivity contribution is 5.98. The number of nitrogens with zero attached hydrogens (tertiary/aromatic N) is 2. The number of amides is 1. The molecule has 11 heteroatoms. The molecule has 1 amide bonds. The van der Waals surface area contributed by atoms with E-state index in [0.29, 0.717) is 54.6 Å². The summed E-state index contributed by atoms with van der Waals surface area (Å²) >= 11 is 0. The normalized spacial score (nSPS) is 20.5. The van der Waals surface area contributed by atoms with Gasteiger partial charge in [-0.15, -0.1) is 12.4 Å². The van der Waals surface area contributed by atoms with Crippen molar-refractivity contribution < 1.29 is 23.8 Å². The van der Waals surface area contributed by atoms with Crippen LogP contribution in [0.25, 0.3) is 21.9 Å². The fourth-order valence-corrected chi connectivity index (χ4v) is 4.56. The summed E-state index contributed by atoms with van der Waals surface area (Å²) in [4.78, 5) is 20.7. The molecule has 2 aliphatic rings. The number of aliphatic hydroxyl groups is 1. The molecule has 1 aromatic carbocycles. The van der Waals surface area contributed by atoms with Crippen LogP contribution in [-0.4, -0.2) is 46.0 Å². The number of nitrogen functional groups attached to an aromatic ring is 1. The molecule has 0 atom stereocenters. The monoisotopic (exact) mass is 503 g/mol. The summed E-state index contributed by atoms with van der Waals surface area (Å²) in [6, 6.07) is 3.03. The minimum Gasteiger partial charge on any atom is -0.474 e. The molecular formula is C24H27ClFN5O4. The van der Waals surface area contributed by atoms with E-state index in [0.717, 1.165) is 11.3 Å². The van der Waals surface area contributed by atoms with Crippen LogP contribution in [0.4, 0.5) is 20.6 Å². The number of nitrogens with one attached hydrogen (secondary N) is 2. The number of hydrogen-bond donors (Lipinski definition) is 4. The quantitative estimate of drug-likeness (QED) is 0.394. The second-order valence-electron chi connectivity index (χ2n) is 8.86. The molecule has 0 spiro atoms. The third-order valence-corrected chi connectivity index (χ3v) is 6.64. The smallest absolute Gasteiger partial charge is 0.414 e. The van der Waals surface area contributed by atoms with E-state index in [1.165, 1.54) is 6.20 Å². The number of carbonyl (C=O) groups excluding carboxylic acids is 1. The van der Waals surface area contributed by atoms with E-state index < -0.39 is 17.5 Å². The van der Waals surface area contributed by atoms with E-state index in [2.05, 4.69) is 20.6 Å². The predicted molar refractivity (Wildman–Crippen MR) is 133 cm³/mol. The number of halogens is 2. The van der Waals surface area contributed by atoms with Gasteiger partial charge in [0.25, 0.3) is 0 Å². The van der Waals surface area contributed by atoms with Crippen molar-refractivity contribution in [1.82, 2.24) is 15.3 Å². The first kappa shape index (κ1) is 24.7. The van der Waals surface area contributed by atoms with Crippen LogP contribution < -0.4 is 25.8 Å². The Morgan fingerprint density at radius 2 is 2.11 bits per heavy atom. The van der Waals surface area contributed by atoms with E-state index in [1.54, 1.807) is 18.3 Å². The van der Waals surface area contributed by atoms with Crippen molar-refractivity contribution in [3.8, 4) is 22.9 Å². The van der Waals surface area contributed by atoms with Gasteiger partial charge in [-0.1, -0.05) is 6.92 Å². The SMILES string of the molecule is CCC1(O)CC(NC(=O)Oc2cc3cc(-c4cnc5c(c4C)NCCO5)c(F)c(N)c3cn2)C1.Cl. The Labute approximate surface area is 207 Å². The second kappa shape index (κ2) is 9.35. The van der Waals surface area contributed by atoms with Crippen LogP contribution in [0.1, 0.15) is 31.7 Å². The predicted octanol–water partition coefficient (Wildman–Crippen LogP) is 3.94. The molecule has 1 aliphatic heterocycles. The molecule has 186 valence electrons. The van der Waals surface area contributed by atoms with Crippen molar-refractivity contribution in [2.24, 2.45) is 0 Å². The van der Waals surface area contributed by atoms with E-state index >= 15 is 4.39 Å². The summed E-state index contributed by atoms with van der Waals surface area (Å²) < 4.78 is 26.2. The first-order valence-corrected chi connectivity index (χ1v) is 11.2. The Hall–Kier alpha value is -3.37. The number of pyridine rings is 2. The third kappa shape index (κ3) is 4.51. The molecular weight excluding hydrogens is 477 g/mol. The van der Waals surface area contributed by atoms with Gasteiger partial charge in [-0.05, 0) is 43.2 Å². The zero-order chi connectivity index (χ0) is 24.0. The van der Waals surface area contributed by atoms with Gasteiger partial charge in [0.1, 0.15) is 12.3 Å². The molecule has 35 heavy (non-hydrogen) atoms. The summed E-state index contributed by atoms with van der Waals surface area (Å²) in [5.74, 6) is -0.0329. The number of benzene rings is 1. The van der Waals surface area contributed by atoms with E-state index in [-0.39, 0.29) is 35.6 Å². The molecule has 5 N–H and O–H groups in total. The van der Waals surface area contributed by atoms with Gasteiger partial charge in [-0.2, -0.15) is 0 Å². The molecule has 0 radical (unpaired) electrons. The minimum absolute atomic E-state index is 0. The lowest BCUT2D eigenvalue weighted by Crippen LogP contribution is -2.55. The minimum atomic E-state index is -0.720. The van der Waals surface area contributed by atoms with Crippen LogP contribution in [-0.2, 0) is 0 Å². The van der Waals surface area contributed by atoms with Crippen LogP contribution >= 0.6 is 12.4 Å². The number of carbonyl (C=O) groups is 1. The first-order valence-electron chi connectivity index (χ1n) is 11.2. The van der Waals surface area contributed by atoms with Crippen LogP contribution in [0.3, 0.4) is 0 Å². The summed E-state index contributed by atoms with van der Waals surface area (Å²) in [7, 11) is 0. The fraction of sp³-hybridized carbons (Fsp3) is 0.375. The molecule has 0 unspecified atom stereocenters. The molecule has 1 aliphatic carbocycles. The molecule has 3 heterocycles. The van der Waals surface area contributed by atoms with Crippen LogP contribution in [0, 0.1) is 12.7 Å². The van der Waals surface area contributed by atoms with Gasteiger partial charge in [0.2, 0.25) is 11.8 Å². The Kier molecular flexibility index (Phi) is 6.61. The molecule has 1 fully saturated rings. The van der Waals surface area contributed by atoms with Crippen LogP contribution in [0.15, 0.2) is 24.5 Å². The summed E-state index contributed by atoms with van der Waals surface area (Å²) in [6.45, 7) is 4.92. The van der Waals surface area contributed by atoms with Crippen molar-refractivity contribution in [3.63, 3.8) is 0 Å². The first-order chi connectivity index (χ1) is 16.3. The van der Waals surface area contributed by atoms with Gasteiger partial charge < -0.3 is 30.9 Å². The maximum Gasteiger partial charge on any atom is 0.414 e. The number of nitrogens with two attached hydrogens (primary N) is 1. The highest BCUT2D eigenvalue weighted by Crippen LogP contribution is 2.40. The average molecular weight is 504 g/mol. The summed E-state index contributed by atoms with van der Waals surface area (Å²) in [6.07, 6.45) is 3.88. The Balaban J connectivity index is 0.00000289. The summed E-state index contributed by atoms with van der Waals surface area (Å²) in [5, 5.41) is 17.0. The number of ether oxygens (including phenoxy) is 2. The highest BCUT2D eigenvalue weighted by atomic mass is 35.5. The number of fused-ring (bicyclic) bond motifs is 2. The summed E-state index contributed by atoms with van der Waals surface area (Å²) in [5.41, 5.74) is 7.71. The van der Waals surface area contributed by atoms with Gasteiger partial charge in [0.15, 0.2) is 5.82 Å². The van der Waals surface area contributed by atoms with Crippen molar-refractivity contribution in [2.45, 2.75) is 44.8 Å². The van der Waals surface area contributed by atoms with E-state index in [9.17, 15) is 9.90 Å². The highest BCUT2D eigenvalue weighted by Gasteiger charge is 2.42. The number of anilines is 2. The molecule has 2 aromatic heterocycles. The number of hydrogen-bond acceptors (Lipinski definition) is 8. The maximum absolute atomic E-state index is 15.3. The molecule has 5 rings (SSSR count). The Bertz CT molecular complexity index is 1300. The van der Waals surface area contributed by atoms with Crippen molar-refractivity contribution >= 4 is 40.6 Å². The van der Waals surface area contributed by atoms with Crippen molar-refractivity contribution in [3.05, 3.63) is 35.9 Å². The molecule has 3 aromatic rings. The number of aromatic nitrogens is 2. The second-order valence-corrected chi connectivity index (χ2v) is 8.86. The van der Waals surface area contributed by atoms with Gasteiger partial charge in [-0.3, -0.25) is 0 Å². The van der Waals surface area contributed by atoms with Crippen LogP contribution in [0.2, 0.25) is 0 Å². The van der Waals surface area contributed by atoms with E-state index in [4.69, 9.17) is 15.2 Å².